The molecule has 0 spiro atoms. The Morgan fingerprint density at radius 1 is 1.10 bits per heavy atom. The fourth-order valence-electron chi connectivity index (χ4n) is 3.34. The lowest BCUT2D eigenvalue weighted by Gasteiger charge is -2.34. The van der Waals surface area contributed by atoms with E-state index in [0.717, 1.165) is 27.2 Å². The molecule has 0 bridgehead atoms. The van der Waals surface area contributed by atoms with Crippen LogP contribution in [0.2, 0.25) is 5.02 Å². The number of piperazine rings is 1. The molecule has 0 N–H and O–H groups in total. The van der Waals surface area contributed by atoms with Gasteiger partial charge in [0.25, 0.3) is 5.91 Å². The van der Waals surface area contributed by atoms with Crippen molar-refractivity contribution in [1.82, 2.24) is 9.88 Å². The standard InChI is InChI=1S/C20H19ClFN3O3S/c1-27-15-5-6-16(28-2)18-17(15)23-20(29-18)25-9-7-24(8-10-25)19(26)13-4-3-12(22)11-14(13)21/h3-6,11H,7-10H2,1-2H3. The van der Waals surface area contributed by atoms with E-state index in [2.05, 4.69) is 4.90 Å². The number of hydrogen-bond acceptors (Lipinski definition) is 6. The molecule has 3 aromatic rings. The summed E-state index contributed by atoms with van der Waals surface area (Å²) in [4.78, 5) is 21.3. The van der Waals surface area contributed by atoms with E-state index in [9.17, 15) is 9.18 Å². The average Bonchev–Trinajstić information content (AvgIpc) is 3.18. The van der Waals surface area contributed by atoms with Gasteiger partial charge in [-0.15, -0.1) is 0 Å². The quantitative estimate of drug-likeness (QED) is 0.618. The predicted molar refractivity (Wildman–Crippen MR) is 112 cm³/mol. The molecule has 0 radical (unpaired) electrons. The SMILES string of the molecule is COc1ccc(OC)c2sc(N3CCN(C(=O)c4ccc(F)cc4Cl)CC3)nc12. The molecule has 1 aliphatic heterocycles. The van der Waals surface area contributed by atoms with E-state index in [1.807, 2.05) is 12.1 Å². The third-order valence-corrected chi connectivity index (χ3v) is 6.34. The molecular weight excluding hydrogens is 417 g/mol. The summed E-state index contributed by atoms with van der Waals surface area (Å²) in [6.45, 7) is 2.32. The zero-order valence-corrected chi connectivity index (χ0v) is 17.5. The summed E-state index contributed by atoms with van der Waals surface area (Å²) in [5.74, 6) is 0.799. The summed E-state index contributed by atoms with van der Waals surface area (Å²) in [6, 6.07) is 7.54. The number of carbonyl (C=O) groups excluding carboxylic acids is 1. The van der Waals surface area contributed by atoms with Crippen molar-refractivity contribution in [3.05, 3.63) is 46.7 Å². The van der Waals surface area contributed by atoms with Crippen LogP contribution in [0.3, 0.4) is 0 Å². The molecule has 0 aliphatic carbocycles. The van der Waals surface area contributed by atoms with Crippen LogP contribution in [0, 0.1) is 5.82 Å². The van der Waals surface area contributed by atoms with E-state index in [4.69, 9.17) is 26.1 Å². The largest absolute Gasteiger partial charge is 0.495 e. The molecule has 0 saturated carbocycles. The smallest absolute Gasteiger partial charge is 0.255 e. The van der Waals surface area contributed by atoms with Crippen LogP contribution in [0.15, 0.2) is 30.3 Å². The van der Waals surface area contributed by atoms with Crippen LogP contribution in [0.4, 0.5) is 9.52 Å². The van der Waals surface area contributed by atoms with Crippen molar-refractivity contribution in [3.8, 4) is 11.5 Å². The highest BCUT2D eigenvalue weighted by Crippen LogP contribution is 2.40. The van der Waals surface area contributed by atoms with Crippen LogP contribution in [0.1, 0.15) is 10.4 Å². The third-order valence-electron chi connectivity index (χ3n) is 4.90. The van der Waals surface area contributed by atoms with Gasteiger partial charge in [0.05, 0.1) is 24.8 Å². The molecule has 2 aromatic carbocycles. The molecule has 6 nitrogen and oxygen atoms in total. The summed E-state index contributed by atoms with van der Waals surface area (Å²) in [6.07, 6.45) is 0. The highest BCUT2D eigenvalue weighted by Gasteiger charge is 2.26. The van der Waals surface area contributed by atoms with Crippen LogP contribution in [-0.4, -0.2) is 56.2 Å². The Kier molecular flexibility index (Phi) is 5.47. The average molecular weight is 436 g/mol. The predicted octanol–water partition coefficient (Wildman–Crippen LogP) is 4.07. The number of fused-ring (bicyclic) bond motifs is 1. The van der Waals surface area contributed by atoms with E-state index in [-0.39, 0.29) is 10.9 Å². The molecule has 1 saturated heterocycles. The summed E-state index contributed by atoms with van der Waals surface area (Å²) < 4.78 is 25.0. The van der Waals surface area contributed by atoms with Gasteiger partial charge in [0.15, 0.2) is 5.13 Å². The maximum atomic E-state index is 13.2. The maximum absolute atomic E-state index is 13.2. The lowest BCUT2D eigenvalue weighted by atomic mass is 10.1. The number of amides is 1. The van der Waals surface area contributed by atoms with Crippen molar-refractivity contribution in [2.75, 3.05) is 45.3 Å². The first kappa shape index (κ1) is 19.7. The second kappa shape index (κ2) is 8.04. The number of methoxy groups -OCH3 is 2. The van der Waals surface area contributed by atoms with Gasteiger partial charge in [0.1, 0.15) is 27.5 Å². The second-order valence-electron chi connectivity index (χ2n) is 6.55. The topological polar surface area (TPSA) is 54.9 Å². The number of halogens is 2. The number of carbonyl (C=O) groups is 1. The van der Waals surface area contributed by atoms with Gasteiger partial charge in [-0.05, 0) is 30.3 Å². The molecule has 1 fully saturated rings. The Bertz CT molecular complexity index is 1030. The van der Waals surface area contributed by atoms with E-state index in [1.165, 1.54) is 23.5 Å². The monoisotopic (exact) mass is 435 g/mol. The Morgan fingerprint density at radius 3 is 2.45 bits per heavy atom. The van der Waals surface area contributed by atoms with Crippen LogP contribution >= 0.6 is 22.9 Å². The molecule has 152 valence electrons. The lowest BCUT2D eigenvalue weighted by Crippen LogP contribution is -2.48. The molecule has 0 atom stereocenters. The third kappa shape index (κ3) is 3.70. The van der Waals surface area contributed by atoms with Gasteiger partial charge in [-0.2, -0.15) is 0 Å². The van der Waals surface area contributed by atoms with E-state index in [0.29, 0.717) is 37.5 Å². The Balaban J connectivity index is 1.52. The molecule has 0 unspecified atom stereocenters. The molecule has 1 amide bonds. The maximum Gasteiger partial charge on any atom is 0.255 e. The summed E-state index contributed by atoms with van der Waals surface area (Å²) >= 11 is 7.58. The normalized spacial score (nSPS) is 14.3. The van der Waals surface area contributed by atoms with Gasteiger partial charge >= 0.3 is 0 Å². The fraction of sp³-hybridized carbons (Fsp3) is 0.300. The number of nitrogens with zero attached hydrogens (tertiary/aromatic N) is 3. The molecule has 29 heavy (non-hydrogen) atoms. The van der Waals surface area contributed by atoms with Crippen LogP contribution < -0.4 is 14.4 Å². The van der Waals surface area contributed by atoms with Gasteiger partial charge in [-0.1, -0.05) is 22.9 Å². The molecule has 1 aromatic heterocycles. The van der Waals surface area contributed by atoms with Crippen molar-refractivity contribution in [3.63, 3.8) is 0 Å². The number of thiazole rings is 1. The van der Waals surface area contributed by atoms with Gasteiger partial charge in [-0.3, -0.25) is 4.79 Å². The van der Waals surface area contributed by atoms with Gasteiger partial charge in [0, 0.05) is 26.2 Å². The number of rotatable bonds is 4. The molecule has 2 heterocycles. The van der Waals surface area contributed by atoms with Crippen LogP contribution in [-0.2, 0) is 0 Å². The zero-order valence-electron chi connectivity index (χ0n) is 15.9. The van der Waals surface area contributed by atoms with Gasteiger partial charge < -0.3 is 19.3 Å². The Morgan fingerprint density at radius 2 is 1.79 bits per heavy atom. The van der Waals surface area contributed by atoms with E-state index < -0.39 is 5.82 Å². The first-order chi connectivity index (χ1) is 14.0. The molecule has 9 heteroatoms. The van der Waals surface area contributed by atoms with Gasteiger partial charge in [-0.25, -0.2) is 9.37 Å². The lowest BCUT2D eigenvalue weighted by molar-refractivity contribution is 0.0747. The number of hydrogen-bond donors (Lipinski definition) is 0. The number of aromatic nitrogens is 1. The molecule has 4 rings (SSSR count). The summed E-state index contributed by atoms with van der Waals surface area (Å²) in [7, 11) is 3.25. The fourth-order valence-corrected chi connectivity index (χ4v) is 4.72. The minimum atomic E-state index is -0.460. The number of ether oxygens (including phenoxy) is 2. The van der Waals surface area contributed by atoms with Crippen molar-refractivity contribution in [2.24, 2.45) is 0 Å². The van der Waals surface area contributed by atoms with Gasteiger partial charge in [0.2, 0.25) is 0 Å². The highest BCUT2D eigenvalue weighted by molar-refractivity contribution is 7.22. The minimum Gasteiger partial charge on any atom is -0.495 e. The zero-order chi connectivity index (χ0) is 20.5. The molecular formula is C20H19ClFN3O3S. The van der Waals surface area contributed by atoms with Crippen molar-refractivity contribution in [1.29, 1.82) is 0 Å². The van der Waals surface area contributed by atoms with E-state index in [1.54, 1.807) is 19.1 Å². The highest BCUT2D eigenvalue weighted by atomic mass is 35.5. The first-order valence-electron chi connectivity index (χ1n) is 9.02. The molecule has 1 aliphatic rings. The van der Waals surface area contributed by atoms with E-state index >= 15 is 0 Å². The van der Waals surface area contributed by atoms with Crippen molar-refractivity contribution < 1.29 is 18.7 Å². The number of anilines is 1. The summed E-state index contributed by atoms with van der Waals surface area (Å²) in [5.41, 5.74) is 1.08. The first-order valence-corrected chi connectivity index (χ1v) is 10.2. The number of benzene rings is 2. The minimum absolute atomic E-state index is 0.128. The Labute approximate surface area is 176 Å². The van der Waals surface area contributed by atoms with Crippen molar-refractivity contribution in [2.45, 2.75) is 0 Å². The van der Waals surface area contributed by atoms with Crippen LogP contribution in [0.5, 0.6) is 11.5 Å². The van der Waals surface area contributed by atoms with Crippen LogP contribution in [0.25, 0.3) is 10.2 Å². The van der Waals surface area contributed by atoms with Crippen molar-refractivity contribution >= 4 is 44.2 Å². The Hall–Kier alpha value is -2.58. The summed E-state index contributed by atoms with van der Waals surface area (Å²) in [5, 5.41) is 0.984. The second-order valence-corrected chi connectivity index (χ2v) is 7.93.